The van der Waals surface area contributed by atoms with Gasteiger partial charge in [-0.1, -0.05) is 24.3 Å². The van der Waals surface area contributed by atoms with Crippen molar-refractivity contribution in [3.63, 3.8) is 0 Å². The van der Waals surface area contributed by atoms with E-state index in [0.29, 0.717) is 12.1 Å². The fourth-order valence-electron chi connectivity index (χ4n) is 1.52. The molecule has 0 fully saturated rings. The molecule has 0 bridgehead atoms. The van der Waals surface area contributed by atoms with Gasteiger partial charge in [-0.05, 0) is 30.8 Å². The number of ether oxygens (including phenoxy) is 1. The van der Waals surface area contributed by atoms with E-state index in [2.05, 4.69) is 0 Å². The monoisotopic (exact) mass is 208 g/mol. The van der Waals surface area contributed by atoms with E-state index in [4.69, 9.17) is 14.8 Å². The molecule has 2 N–H and O–H groups in total. The van der Waals surface area contributed by atoms with Crippen molar-refractivity contribution in [2.75, 3.05) is 13.2 Å². The fourth-order valence-corrected chi connectivity index (χ4v) is 1.52. The molecule has 15 heavy (non-hydrogen) atoms. The third kappa shape index (κ3) is 4.04. The highest BCUT2D eigenvalue weighted by Crippen LogP contribution is 2.01. The molecule has 0 spiro atoms. The second kappa shape index (κ2) is 6.61. The topological polar surface area (TPSA) is 49.7 Å². The van der Waals surface area contributed by atoms with E-state index in [0.717, 1.165) is 25.0 Å². The summed E-state index contributed by atoms with van der Waals surface area (Å²) in [6, 6.07) is 7.37. The first-order valence-corrected chi connectivity index (χ1v) is 5.27. The Labute approximate surface area is 90.9 Å². The molecule has 0 saturated carbocycles. The highest BCUT2D eigenvalue weighted by molar-refractivity contribution is 6.59. The van der Waals surface area contributed by atoms with Gasteiger partial charge in [0, 0.05) is 13.2 Å². The number of hydrogen-bond acceptors (Lipinski definition) is 3. The molecule has 0 atom stereocenters. The van der Waals surface area contributed by atoms with Crippen LogP contribution in [0.2, 0.25) is 0 Å². The SMILES string of the molecule is CCOCCCc1ccccc1B(O)O. The van der Waals surface area contributed by atoms with E-state index in [1.165, 1.54) is 0 Å². The standard InChI is InChI=1S/C11H17BO3/c1-2-15-9-5-7-10-6-3-4-8-11(10)12(13)14/h3-4,6,8,13-14H,2,5,7,9H2,1H3. The molecule has 0 unspecified atom stereocenters. The largest absolute Gasteiger partial charge is 0.488 e. The van der Waals surface area contributed by atoms with Gasteiger partial charge in [-0.25, -0.2) is 0 Å². The Morgan fingerprint density at radius 2 is 2.00 bits per heavy atom. The molecule has 0 aliphatic rings. The average molecular weight is 208 g/mol. The second-order valence-corrected chi connectivity index (χ2v) is 3.37. The molecule has 0 heterocycles. The van der Waals surface area contributed by atoms with Gasteiger partial charge in [-0.3, -0.25) is 0 Å². The lowest BCUT2D eigenvalue weighted by atomic mass is 9.76. The Morgan fingerprint density at radius 3 is 2.67 bits per heavy atom. The van der Waals surface area contributed by atoms with E-state index in [9.17, 15) is 0 Å². The molecular weight excluding hydrogens is 191 g/mol. The lowest BCUT2D eigenvalue weighted by Gasteiger charge is -2.08. The van der Waals surface area contributed by atoms with Gasteiger partial charge in [0.05, 0.1) is 0 Å². The average Bonchev–Trinajstić information content (AvgIpc) is 2.25. The number of aryl methyl sites for hydroxylation is 1. The minimum atomic E-state index is -1.38. The molecule has 1 aromatic rings. The van der Waals surface area contributed by atoms with Crippen LogP contribution in [0.3, 0.4) is 0 Å². The molecule has 1 rings (SSSR count). The molecule has 3 nitrogen and oxygen atoms in total. The smallest absolute Gasteiger partial charge is 0.423 e. The minimum Gasteiger partial charge on any atom is -0.423 e. The van der Waals surface area contributed by atoms with Crippen LogP contribution >= 0.6 is 0 Å². The first kappa shape index (κ1) is 12.2. The van der Waals surface area contributed by atoms with Gasteiger partial charge in [-0.2, -0.15) is 0 Å². The lowest BCUT2D eigenvalue weighted by Crippen LogP contribution is -2.32. The van der Waals surface area contributed by atoms with Crippen LogP contribution in [0.25, 0.3) is 0 Å². The molecule has 0 amide bonds. The summed E-state index contributed by atoms with van der Waals surface area (Å²) in [5.41, 5.74) is 1.57. The van der Waals surface area contributed by atoms with Crippen molar-refractivity contribution in [2.24, 2.45) is 0 Å². The van der Waals surface area contributed by atoms with Crippen molar-refractivity contribution in [1.82, 2.24) is 0 Å². The van der Waals surface area contributed by atoms with E-state index in [1.807, 2.05) is 19.1 Å². The van der Waals surface area contributed by atoms with Crippen molar-refractivity contribution >= 4 is 12.6 Å². The van der Waals surface area contributed by atoms with E-state index < -0.39 is 7.12 Å². The van der Waals surface area contributed by atoms with Gasteiger partial charge >= 0.3 is 7.12 Å². The maximum absolute atomic E-state index is 9.13. The molecule has 1 aromatic carbocycles. The van der Waals surface area contributed by atoms with Crippen molar-refractivity contribution in [3.8, 4) is 0 Å². The summed E-state index contributed by atoms with van der Waals surface area (Å²) in [6.45, 7) is 3.40. The van der Waals surface area contributed by atoms with Gasteiger partial charge in [0.25, 0.3) is 0 Å². The Bertz CT molecular complexity index is 289. The van der Waals surface area contributed by atoms with Crippen molar-refractivity contribution < 1.29 is 14.8 Å². The summed E-state index contributed by atoms with van der Waals surface area (Å²) < 4.78 is 5.23. The quantitative estimate of drug-likeness (QED) is 0.523. The number of benzene rings is 1. The summed E-state index contributed by atoms with van der Waals surface area (Å²) in [5, 5.41) is 18.3. The number of rotatable bonds is 6. The second-order valence-electron chi connectivity index (χ2n) is 3.37. The fraction of sp³-hybridized carbons (Fsp3) is 0.455. The van der Waals surface area contributed by atoms with Crippen LogP contribution < -0.4 is 5.46 Å². The maximum atomic E-state index is 9.13. The molecule has 4 heteroatoms. The van der Waals surface area contributed by atoms with Gasteiger partial charge in [0.1, 0.15) is 0 Å². The summed E-state index contributed by atoms with van der Waals surface area (Å²) in [4.78, 5) is 0. The lowest BCUT2D eigenvalue weighted by molar-refractivity contribution is 0.145. The predicted octanol–water partition coefficient (Wildman–Crippen LogP) is 0.335. The Kier molecular flexibility index (Phi) is 5.39. The van der Waals surface area contributed by atoms with Gasteiger partial charge < -0.3 is 14.8 Å². The summed E-state index contributed by atoms with van der Waals surface area (Å²) in [5.74, 6) is 0. The molecular formula is C11H17BO3. The van der Waals surface area contributed by atoms with Crippen LogP contribution in [0.5, 0.6) is 0 Å². The minimum absolute atomic E-state index is 0.592. The predicted molar refractivity (Wildman–Crippen MR) is 61.1 cm³/mol. The molecule has 0 saturated heterocycles. The third-order valence-corrected chi connectivity index (χ3v) is 2.27. The third-order valence-electron chi connectivity index (χ3n) is 2.27. The number of hydrogen-bond donors (Lipinski definition) is 2. The molecule has 0 aliphatic heterocycles. The summed E-state index contributed by atoms with van der Waals surface area (Å²) >= 11 is 0. The highest BCUT2D eigenvalue weighted by atomic mass is 16.5. The van der Waals surface area contributed by atoms with Crippen molar-refractivity contribution in [3.05, 3.63) is 29.8 Å². The van der Waals surface area contributed by atoms with Gasteiger partial charge in [-0.15, -0.1) is 0 Å². The van der Waals surface area contributed by atoms with Crippen LogP contribution in [-0.4, -0.2) is 30.4 Å². The van der Waals surface area contributed by atoms with E-state index >= 15 is 0 Å². The maximum Gasteiger partial charge on any atom is 0.488 e. The summed E-state index contributed by atoms with van der Waals surface area (Å²) in [7, 11) is -1.38. The molecule has 0 aromatic heterocycles. The van der Waals surface area contributed by atoms with Crippen molar-refractivity contribution in [2.45, 2.75) is 19.8 Å². The van der Waals surface area contributed by atoms with Crippen LogP contribution in [0, 0.1) is 0 Å². The summed E-state index contributed by atoms with van der Waals surface area (Å²) in [6.07, 6.45) is 1.71. The first-order chi connectivity index (χ1) is 7.25. The normalized spacial score (nSPS) is 10.3. The van der Waals surface area contributed by atoms with Crippen LogP contribution in [0.1, 0.15) is 18.9 Å². The molecule has 0 radical (unpaired) electrons. The highest BCUT2D eigenvalue weighted by Gasteiger charge is 2.14. The zero-order valence-electron chi connectivity index (χ0n) is 9.02. The van der Waals surface area contributed by atoms with Crippen LogP contribution in [0.4, 0.5) is 0 Å². The Hall–Kier alpha value is -0.835. The van der Waals surface area contributed by atoms with Gasteiger partial charge in [0.15, 0.2) is 0 Å². The Morgan fingerprint density at radius 1 is 1.27 bits per heavy atom. The van der Waals surface area contributed by atoms with Crippen LogP contribution in [-0.2, 0) is 11.2 Å². The van der Waals surface area contributed by atoms with E-state index in [-0.39, 0.29) is 0 Å². The van der Waals surface area contributed by atoms with Gasteiger partial charge in [0.2, 0.25) is 0 Å². The zero-order valence-corrected chi connectivity index (χ0v) is 9.02. The van der Waals surface area contributed by atoms with Crippen LogP contribution in [0.15, 0.2) is 24.3 Å². The van der Waals surface area contributed by atoms with Crippen molar-refractivity contribution in [1.29, 1.82) is 0 Å². The first-order valence-electron chi connectivity index (χ1n) is 5.27. The zero-order chi connectivity index (χ0) is 11.1. The van der Waals surface area contributed by atoms with E-state index in [1.54, 1.807) is 12.1 Å². The molecule has 82 valence electrons. The molecule has 0 aliphatic carbocycles. The Balaban J connectivity index is 2.52.